The lowest BCUT2D eigenvalue weighted by atomic mass is 10.3. The number of nitrogens with two attached hydrogens (primary N) is 1. The lowest BCUT2D eigenvalue weighted by Crippen LogP contribution is -2.11. The van der Waals surface area contributed by atoms with Gasteiger partial charge in [-0.1, -0.05) is 12.2 Å². The second-order valence-electron chi connectivity index (χ2n) is 2.31. The van der Waals surface area contributed by atoms with E-state index < -0.39 is 0 Å². The molecule has 0 aromatic carbocycles. The van der Waals surface area contributed by atoms with Crippen LogP contribution in [0, 0.1) is 0 Å². The maximum absolute atomic E-state index is 5.49. The second kappa shape index (κ2) is 2.53. The Morgan fingerprint density at radius 2 is 2.42 bits per heavy atom. The number of hydrogen-bond acceptors (Lipinski definition) is 3. The van der Waals surface area contributed by atoms with E-state index in [1.807, 2.05) is 12.1 Å². The van der Waals surface area contributed by atoms with Gasteiger partial charge in [0.15, 0.2) is 5.65 Å². The summed E-state index contributed by atoms with van der Waals surface area (Å²) < 4.78 is 1.63. The fraction of sp³-hybridized carbons (Fsp3) is 0. The molecule has 0 aliphatic rings. The van der Waals surface area contributed by atoms with E-state index in [4.69, 9.17) is 18.0 Å². The molecule has 0 atom stereocenters. The molecule has 0 spiro atoms. The predicted molar refractivity (Wildman–Crippen MR) is 48.9 cm³/mol. The quantitative estimate of drug-likeness (QED) is 0.641. The van der Waals surface area contributed by atoms with Gasteiger partial charge < -0.3 is 5.73 Å². The van der Waals surface area contributed by atoms with Crippen molar-refractivity contribution in [3.8, 4) is 0 Å². The van der Waals surface area contributed by atoms with Crippen molar-refractivity contribution < 1.29 is 0 Å². The zero-order chi connectivity index (χ0) is 8.55. The van der Waals surface area contributed by atoms with E-state index in [9.17, 15) is 0 Å². The van der Waals surface area contributed by atoms with Crippen LogP contribution in [0.15, 0.2) is 24.7 Å². The van der Waals surface area contributed by atoms with Crippen LogP contribution in [0.1, 0.15) is 5.56 Å². The van der Waals surface area contributed by atoms with Gasteiger partial charge in [0.2, 0.25) is 0 Å². The molecule has 2 rings (SSSR count). The Morgan fingerprint density at radius 1 is 1.58 bits per heavy atom. The molecule has 2 aromatic heterocycles. The molecule has 0 saturated carbocycles. The first-order valence-electron chi connectivity index (χ1n) is 3.37. The molecule has 2 N–H and O–H groups in total. The number of fused-ring (bicyclic) bond motifs is 1. The first-order chi connectivity index (χ1) is 5.79. The molecule has 0 radical (unpaired) electrons. The number of nitrogens with zero attached hydrogens (tertiary/aromatic N) is 3. The Bertz CT molecular complexity index is 434. The summed E-state index contributed by atoms with van der Waals surface area (Å²) in [7, 11) is 0. The Kier molecular flexibility index (Phi) is 1.51. The van der Waals surface area contributed by atoms with Gasteiger partial charge in [-0.3, -0.25) is 0 Å². The minimum atomic E-state index is 0.341. The molecule has 60 valence electrons. The largest absolute Gasteiger partial charge is 0.389 e. The molecule has 0 aliphatic heterocycles. The SMILES string of the molecule is NC(=S)c1cccn2ncnc12. The number of aromatic nitrogens is 3. The minimum Gasteiger partial charge on any atom is -0.389 e. The van der Waals surface area contributed by atoms with Gasteiger partial charge >= 0.3 is 0 Å². The molecule has 0 fully saturated rings. The normalized spacial score (nSPS) is 10.3. The van der Waals surface area contributed by atoms with E-state index in [1.54, 1.807) is 10.7 Å². The zero-order valence-electron chi connectivity index (χ0n) is 6.14. The van der Waals surface area contributed by atoms with Gasteiger partial charge in [0.25, 0.3) is 0 Å². The average Bonchev–Trinajstić information content (AvgIpc) is 2.49. The summed E-state index contributed by atoms with van der Waals surface area (Å²) >= 11 is 4.85. The van der Waals surface area contributed by atoms with Crippen LogP contribution in [-0.4, -0.2) is 19.6 Å². The van der Waals surface area contributed by atoms with Crippen molar-refractivity contribution in [2.24, 2.45) is 5.73 Å². The van der Waals surface area contributed by atoms with Crippen LogP contribution in [0.3, 0.4) is 0 Å². The van der Waals surface area contributed by atoms with Gasteiger partial charge in [-0.25, -0.2) is 9.50 Å². The van der Waals surface area contributed by atoms with Crippen LogP contribution in [-0.2, 0) is 0 Å². The first-order valence-corrected chi connectivity index (χ1v) is 3.78. The van der Waals surface area contributed by atoms with Crippen LogP contribution < -0.4 is 5.73 Å². The summed E-state index contributed by atoms with van der Waals surface area (Å²) in [5.41, 5.74) is 6.94. The minimum absolute atomic E-state index is 0.341. The fourth-order valence-electron chi connectivity index (χ4n) is 1.04. The Balaban J connectivity index is 2.82. The van der Waals surface area contributed by atoms with E-state index >= 15 is 0 Å². The van der Waals surface area contributed by atoms with Crippen molar-refractivity contribution in [3.05, 3.63) is 30.2 Å². The van der Waals surface area contributed by atoms with E-state index in [1.165, 1.54) is 6.33 Å². The standard InChI is InChI=1S/C7H6N4S/c8-6(12)5-2-1-3-11-7(5)9-4-10-11/h1-4H,(H2,8,12). The van der Waals surface area contributed by atoms with Crippen molar-refractivity contribution in [1.82, 2.24) is 14.6 Å². The molecule has 0 bridgehead atoms. The average molecular weight is 178 g/mol. The van der Waals surface area contributed by atoms with Crippen molar-refractivity contribution in [3.63, 3.8) is 0 Å². The van der Waals surface area contributed by atoms with Crippen LogP contribution in [0.25, 0.3) is 5.65 Å². The molecule has 2 aromatic rings. The fourth-order valence-corrected chi connectivity index (χ4v) is 1.20. The molecular weight excluding hydrogens is 172 g/mol. The monoisotopic (exact) mass is 178 g/mol. The highest BCUT2D eigenvalue weighted by atomic mass is 32.1. The van der Waals surface area contributed by atoms with Crippen molar-refractivity contribution in [2.45, 2.75) is 0 Å². The number of pyridine rings is 1. The molecule has 5 heteroatoms. The predicted octanol–water partition coefficient (Wildman–Crippen LogP) is 0.364. The second-order valence-corrected chi connectivity index (χ2v) is 2.75. The van der Waals surface area contributed by atoms with Crippen molar-refractivity contribution >= 4 is 22.9 Å². The Labute approximate surface area is 74.0 Å². The van der Waals surface area contributed by atoms with Crippen LogP contribution in [0.5, 0.6) is 0 Å². The molecule has 12 heavy (non-hydrogen) atoms. The third-order valence-corrected chi connectivity index (χ3v) is 1.79. The molecule has 0 saturated heterocycles. The zero-order valence-corrected chi connectivity index (χ0v) is 6.95. The third kappa shape index (κ3) is 0.947. The Hall–Kier alpha value is -1.49. The van der Waals surface area contributed by atoms with Gasteiger partial charge in [0.1, 0.15) is 11.3 Å². The van der Waals surface area contributed by atoms with E-state index in [2.05, 4.69) is 10.1 Å². The maximum Gasteiger partial charge on any atom is 0.165 e. The van der Waals surface area contributed by atoms with Gasteiger partial charge in [-0.15, -0.1) is 0 Å². The topological polar surface area (TPSA) is 56.2 Å². The number of rotatable bonds is 1. The molecule has 2 heterocycles. The molecule has 0 unspecified atom stereocenters. The van der Waals surface area contributed by atoms with Crippen LogP contribution in [0.4, 0.5) is 0 Å². The number of thiocarbonyl (C=S) groups is 1. The highest BCUT2D eigenvalue weighted by Crippen LogP contribution is 2.05. The first kappa shape index (κ1) is 7.17. The maximum atomic E-state index is 5.49. The lowest BCUT2D eigenvalue weighted by Gasteiger charge is -1.98. The molecule has 0 amide bonds. The lowest BCUT2D eigenvalue weighted by molar-refractivity contribution is 0.960. The van der Waals surface area contributed by atoms with Crippen molar-refractivity contribution in [1.29, 1.82) is 0 Å². The van der Waals surface area contributed by atoms with E-state index in [0.29, 0.717) is 10.6 Å². The highest BCUT2D eigenvalue weighted by molar-refractivity contribution is 7.80. The summed E-state index contributed by atoms with van der Waals surface area (Å²) in [6.07, 6.45) is 3.27. The summed E-state index contributed by atoms with van der Waals surface area (Å²) in [5.74, 6) is 0. The van der Waals surface area contributed by atoms with E-state index in [0.717, 1.165) is 5.56 Å². The molecular formula is C7H6N4S. The van der Waals surface area contributed by atoms with Crippen molar-refractivity contribution in [2.75, 3.05) is 0 Å². The Morgan fingerprint density at radius 3 is 3.17 bits per heavy atom. The van der Waals surface area contributed by atoms with Gasteiger partial charge in [0.05, 0.1) is 5.56 Å². The summed E-state index contributed by atoms with van der Waals surface area (Å²) in [6.45, 7) is 0. The summed E-state index contributed by atoms with van der Waals surface area (Å²) in [6, 6.07) is 3.66. The highest BCUT2D eigenvalue weighted by Gasteiger charge is 2.03. The molecule has 0 aliphatic carbocycles. The summed E-state index contributed by atoms with van der Waals surface area (Å²) in [5, 5.41) is 3.95. The van der Waals surface area contributed by atoms with E-state index in [-0.39, 0.29) is 0 Å². The van der Waals surface area contributed by atoms with Gasteiger partial charge in [-0.05, 0) is 12.1 Å². The molecule has 4 nitrogen and oxygen atoms in total. The van der Waals surface area contributed by atoms with Crippen LogP contribution >= 0.6 is 12.2 Å². The van der Waals surface area contributed by atoms with Gasteiger partial charge in [0, 0.05) is 6.20 Å². The summed E-state index contributed by atoms with van der Waals surface area (Å²) in [4.78, 5) is 4.37. The van der Waals surface area contributed by atoms with Crippen LogP contribution in [0.2, 0.25) is 0 Å². The smallest absolute Gasteiger partial charge is 0.165 e. The number of hydrogen-bond donors (Lipinski definition) is 1. The third-order valence-electron chi connectivity index (χ3n) is 1.57. The van der Waals surface area contributed by atoms with Gasteiger partial charge in [-0.2, -0.15) is 5.10 Å².